The number of nitrogens with one attached hydrogen (secondary N) is 2. The van der Waals surface area contributed by atoms with Gasteiger partial charge in [-0.2, -0.15) is 9.52 Å². The molecule has 1 aliphatic heterocycles. The van der Waals surface area contributed by atoms with Gasteiger partial charge in [0.1, 0.15) is 0 Å². The number of H-pyrrole nitrogens is 1. The van der Waals surface area contributed by atoms with E-state index in [0.717, 1.165) is 12.8 Å². The Bertz CT molecular complexity index is 767. The smallest absolute Gasteiger partial charge is 0.251 e. The first kappa shape index (κ1) is 15.6. The summed E-state index contributed by atoms with van der Waals surface area (Å²) in [5, 5.41) is 15.8. The first-order valence-corrected chi connectivity index (χ1v) is 8.62. The minimum Gasteiger partial charge on any atom is -0.345 e. The number of tetrazole rings is 1. The molecule has 1 fully saturated rings. The van der Waals surface area contributed by atoms with Crippen LogP contribution in [0.15, 0.2) is 29.2 Å². The number of carbonyl (C=O) groups is 1. The summed E-state index contributed by atoms with van der Waals surface area (Å²) in [6, 6.07) is 5.90. The molecular formula is C13H16N6O3S. The largest absolute Gasteiger partial charge is 0.345 e. The third kappa shape index (κ3) is 3.37. The zero-order valence-corrected chi connectivity index (χ0v) is 13.1. The molecule has 0 atom stereocenters. The molecule has 2 N–H and O–H groups in total. The van der Waals surface area contributed by atoms with Gasteiger partial charge in [-0.15, -0.1) is 10.2 Å². The van der Waals surface area contributed by atoms with E-state index < -0.39 is 10.0 Å². The molecule has 0 spiro atoms. The number of hydrogen-bond acceptors (Lipinski definition) is 6. The Morgan fingerprint density at radius 2 is 1.91 bits per heavy atom. The number of amides is 1. The average molecular weight is 336 g/mol. The zero-order chi connectivity index (χ0) is 16.3. The van der Waals surface area contributed by atoms with E-state index in [1.807, 2.05) is 0 Å². The summed E-state index contributed by atoms with van der Waals surface area (Å²) in [7, 11) is -3.46. The topological polar surface area (TPSA) is 121 Å². The molecule has 122 valence electrons. The quantitative estimate of drug-likeness (QED) is 0.787. The van der Waals surface area contributed by atoms with Crippen LogP contribution in [-0.4, -0.2) is 52.3 Å². The lowest BCUT2D eigenvalue weighted by Gasteiger charge is -2.15. The van der Waals surface area contributed by atoms with Gasteiger partial charge in [0.2, 0.25) is 10.0 Å². The Balaban J connectivity index is 1.67. The van der Waals surface area contributed by atoms with Crippen LogP contribution in [-0.2, 0) is 16.6 Å². The van der Waals surface area contributed by atoms with Crippen molar-refractivity contribution in [2.45, 2.75) is 24.3 Å². The Kier molecular flexibility index (Phi) is 4.35. The molecule has 2 aromatic rings. The number of sulfonamides is 1. The highest BCUT2D eigenvalue weighted by Crippen LogP contribution is 2.21. The number of carbonyl (C=O) groups excluding carboxylic acids is 1. The fraction of sp³-hybridized carbons (Fsp3) is 0.385. The van der Waals surface area contributed by atoms with Crippen LogP contribution >= 0.6 is 0 Å². The number of nitrogens with zero attached hydrogens (tertiary/aromatic N) is 4. The van der Waals surface area contributed by atoms with Gasteiger partial charge < -0.3 is 5.32 Å². The predicted molar refractivity (Wildman–Crippen MR) is 79.8 cm³/mol. The first-order valence-electron chi connectivity index (χ1n) is 7.18. The Hall–Kier alpha value is -2.33. The third-order valence-corrected chi connectivity index (χ3v) is 5.53. The second kappa shape index (κ2) is 6.42. The monoisotopic (exact) mass is 336 g/mol. The maximum atomic E-state index is 12.4. The van der Waals surface area contributed by atoms with Crippen LogP contribution in [0.1, 0.15) is 29.0 Å². The van der Waals surface area contributed by atoms with Crippen LogP contribution in [0.2, 0.25) is 0 Å². The maximum Gasteiger partial charge on any atom is 0.251 e. The van der Waals surface area contributed by atoms with Gasteiger partial charge in [0.25, 0.3) is 5.91 Å². The van der Waals surface area contributed by atoms with Gasteiger partial charge in [0.05, 0.1) is 11.4 Å². The molecule has 9 nitrogen and oxygen atoms in total. The van der Waals surface area contributed by atoms with E-state index in [9.17, 15) is 13.2 Å². The first-order chi connectivity index (χ1) is 11.1. The molecule has 1 saturated heterocycles. The summed E-state index contributed by atoms with van der Waals surface area (Å²) in [4.78, 5) is 12.2. The van der Waals surface area contributed by atoms with Gasteiger partial charge in [-0.25, -0.2) is 8.42 Å². The molecule has 0 bridgehead atoms. The van der Waals surface area contributed by atoms with Crippen molar-refractivity contribution in [1.29, 1.82) is 0 Å². The summed E-state index contributed by atoms with van der Waals surface area (Å²) < 4.78 is 26.3. The fourth-order valence-electron chi connectivity index (χ4n) is 2.37. The van der Waals surface area contributed by atoms with Crippen molar-refractivity contribution >= 4 is 15.9 Å². The lowest BCUT2D eigenvalue weighted by Crippen LogP contribution is -2.28. The van der Waals surface area contributed by atoms with E-state index in [4.69, 9.17) is 0 Å². The fourth-order valence-corrected chi connectivity index (χ4v) is 3.89. The average Bonchev–Trinajstić information content (AvgIpc) is 3.26. The molecule has 3 rings (SSSR count). The summed E-state index contributed by atoms with van der Waals surface area (Å²) in [5.74, 6) is 0.0338. The van der Waals surface area contributed by atoms with Crippen molar-refractivity contribution < 1.29 is 13.2 Å². The Morgan fingerprint density at radius 3 is 2.52 bits per heavy atom. The molecule has 2 heterocycles. The molecule has 1 aliphatic rings. The number of aromatic nitrogens is 4. The Morgan fingerprint density at radius 1 is 1.22 bits per heavy atom. The highest BCUT2D eigenvalue weighted by atomic mass is 32.2. The van der Waals surface area contributed by atoms with Crippen LogP contribution in [0, 0.1) is 0 Å². The SMILES string of the molecule is O=C(NCc1nn[nH]n1)c1ccc(S(=O)(=O)N2CCCC2)cc1. The second-order valence-corrected chi connectivity index (χ2v) is 7.08. The van der Waals surface area contributed by atoms with Gasteiger partial charge in [-0.05, 0) is 37.1 Å². The van der Waals surface area contributed by atoms with Crippen molar-refractivity contribution in [2.75, 3.05) is 13.1 Å². The van der Waals surface area contributed by atoms with E-state index in [1.165, 1.54) is 28.6 Å². The minimum atomic E-state index is -3.46. The minimum absolute atomic E-state index is 0.142. The lowest BCUT2D eigenvalue weighted by atomic mass is 10.2. The van der Waals surface area contributed by atoms with Crippen molar-refractivity contribution in [2.24, 2.45) is 0 Å². The third-order valence-electron chi connectivity index (χ3n) is 3.62. The molecule has 23 heavy (non-hydrogen) atoms. The van der Waals surface area contributed by atoms with Crippen molar-refractivity contribution in [1.82, 2.24) is 30.2 Å². The van der Waals surface area contributed by atoms with Crippen LogP contribution in [0.3, 0.4) is 0 Å². The molecule has 0 unspecified atom stereocenters. The van der Waals surface area contributed by atoms with Gasteiger partial charge in [0, 0.05) is 18.7 Å². The van der Waals surface area contributed by atoms with Gasteiger partial charge in [-0.3, -0.25) is 4.79 Å². The highest BCUT2D eigenvalue weighted by Gasteiger charge is 2.27. The molecule has 0 saturated carbocycles. The summed E-state index contributed by atoms with van der Waals surface area (Å²) in [6.45, 7) is 1.24. The van der Waals surface area contributed by atoms with E-state index in [2.05, 4.69) is 25.9 Å². The van der Waals surface area contributed by atoms with Crippen molar-refractivity contribution in [3.63, 3.8) is 0 Å². The van der Waals surface area contributed by atoms with E-state index in [-0.39, 0.29) is 17.3 Å². The number of benzene rings is 1. The van der Waals surface area contributed by atoms with Gasteiger partial charge in [-0.1, -0.05) is 5.21 Å². The summed E-state index contributed by atoms with van der Waals surface area (Å²) >= 11 is 0. The molecule has 0 aliphatic carbocycles. The lowest BCUT2D eigenvalue weighted by molar-refractivity contribution is 0.0950. The molecular weight excluding hydrogens is 320 g/mol. The maximum absolute atomic E-state index is 12.4. The number of hydrogen-bond donors (Lipinski definition) is 2. The zero-order valence-electron chi connectivity index (χ0n) is 12.3. The summed E-state index contributed by atoms with van der Waals surface area (Å²) in [6.07, 6.45) is 1.77. The van der Waals surface area contributed by atoms with Crippen molar-refractivity contribution in [3.05, 3.63) is 35.7 Å². The van der Waals surface area contributed by atoms with Crippen LogP contribution in [0.4, 0.5) is 0 Å². The molecule has 1 aromatic heterocycles. The van der Waals surface area contributed by atoms with E-state index >= 15 is 0 Å². The molecule has 1 amide bonds. The van der Waals surface area contributed by atoms with Gasteiger partial charge in [0.15, 0.2) is 5.82 Å². The highest BCUT2D eigenvalue weighted by molar-refractivity contribution is 7.89. The van der Waals surface area contributed by atoms with Crippen molar-refractivity contribution in [3.8, 4) is 0 Å². The predicted octanol–water partition coefficient (Wildman–Crippen LogP) is -0.0858. The Labute approximate surface area is 133 Å². The number of aromatic amines is 1. The van der Waals surface area contributed by atoms with Gasteiger partial charge >= 0.3 is 0 Å². The van der Waals surface area contributed by atoms with Crippen LogP contribution in [0.5, 0.6) is 0 Å². The normalized spacial score (nSPS) is 15.7. The molecule has 10 heteroatoms. The second-order valence-electron chi connectivity index (χ2n) is 5.15. The van der Waals surface area contributed by atoms with E-state index in [0.29, 0.717) is 24.5 Å². The molecule has 0 radical (unpaired) electrons. The standard InChI is InChI=1S/C13H16N6O3S/c20-13(14-9-12-15-17-18-16-12)10-3-5-11(6-4-10)23(21,22)19-7-1-2-8-19/h3-6H,1-2,7-9H2,(H,14,20)(H,15,16,17,18). The summed E-state index contributed by atoms with van der Waals surface area (Å²) in [5.41, 5.74) is 0.369. The van der Waals surface area contributed by atoms with E-state index in [1.54, 1.807) is 0 Å². The molecule has 1 aromatic carbocycles. The van der Waals surface area contributed by atoms with Crippen LogP contribution < -0.4 is 5.32 Å². The number of rotatable bonds is 5. The van der Waals surface area contributed by atoms with Crippen LogP contribution in [0.25, 0.3) is 0 Å².